The lowest BCUT2D eigenvalue weighted by Gasteiger charge is -2.37. The van der Waals surface area contributed by atoms with Gasteiger partial charge in [0.25, 0.3) is 0 Å². The van der Waals surface area contributed by atoms with Crippen molar-refractivity contribution < 1.29 is 22.7 Å². The van der Waals surface area contributed by atoms with Gasteiger partial charge in [-0.25, -0.2) is 4.79 Å². The van der Waals surface area contributed by atoms with Gasteiger partial charge in [0.05, 0.1) is 6.54 Å². The molecule has 0 aromatic carbocycles. The number of piperidine rings is 1. The molecule has 180 valence electrons. The number of likely N-dealkylation sites (tertiary alicyclic amines) is 2. The lowest BCUT2D eigenvalue weighted by atomic mass is 9.96. The first-order chi connectivity index (χ1) is 14.4. The summed E-state index contributed by atoms with van der Waals surface area (Å²) in [4.78, 5) is 22.1. The average Bonchev–Trinajstić information content (AvgIpc) is 3.08. The third-order valence-electron chi connectivity index (χ3n) is 5.65. The number of carbonyl (C=O) groups excluding carboxylic acids is 1. The average molecular weight is 450 g/mol. The van der Waals surface area contributed by atoms with Gasteiger partial charge in [0.1, 0.15) is 5.60 Å². The van der Waals surface area contributed by atoms with Crippen molar-refractivity contribution in [1.29, 1.82) is 0 Å². The molecule has 0 aromatic heterocycles. The van der Waals surface area contributed by atoms with Gasteiger partial charge in [-0.05, 0) is 52.9 Å². The number of guanidine groups is 1. The van der Waals surface area contributed by atoms with E-state index in [1.807, 2.05) is 27.7 Å². The van der Waals surface area contributed by atoms with E-state index in [9.17, 15) is 18.0 Å². The van der Waals surface area contributed by atoms with E-state index in [0.717, 1.165) is 31.9 Å². The largest absolute Gasteiger partial charge is 0.444 e. The molecule has 0 aliphatic carbocycles. The molecule has 10 heteroatoms. The number of carbonyl (C=O) groups is 1. The molecule has 0 radical (unpaired) electrons. The summed E-state index contributed by atoms with van der Waals surface area (Å²) in [5.41, 5.74) is -0.512. The van der Waals surface area contributed by atoms with Crippen LogP contribution in [0.1, 0.15) is 47.0 Å². The highest BCUT2D eigenvalue weighted by Gasteiger charge is 2.35. The molecule has 1 amide bonds. The number of halogens is 3. The SMILES string of the molecule is CCN(CC1CCN(C(=NC)NC2CCN(CC(F)(F)F)C2)CC1)C(=O)OC(C)(C)C. The van der Waals surface area contributed by atoms with Crippen LogP contribution in [0.5, 0.6) is 0 Å². The summed E-state index contributed by atoms with van der Waals surface area (Å²) in [5, 5.41) is 3.34. The van der Waals surface area contributed by atoms with Crippen molar-refractivity contribution >= 4 is 12.1 Å². The van der Waals surface area contributed by atoms with Crippen molar-refractivity contribution in [3.63, 3.8) is 0 Å². The van der Waals surface area contributed by atoms with Crippen molar-refractivity contribution in [3.8, 4) is 0 Å². The molecule has 1 atom stereocenters. The predicted octanol–water partition coefficient (Wildman–Crippen LogP) is 3.17. The van der Waals surface area contributed by atoms with Crippen molar-refractivity contribution in [2.45, 2.75) is 64.8 Å². The van der Waals surface area contributed by atoms with Gasteiger partial charge in [-0.3, -0.25) is 9.89 Å². The fourth-order valence-electron chi connectivity index (χ4n) is 4.13. The Morgan fingerprint density at radius 2 is 1.81 bits per heavy atom. The first-order valence-corrected chi connectivity index (χ1v) is 11.2. The Bertz CT molecular complexity index is 613. The zero-order chi connectivity index (χ0) is 23.2. The zero-order valence-electron chi connectivity index (χ0n) is 19.5. The number of aliphatic imine (C=N–C) groups is 1. The molecule has 0 spiro atoms. The Morgan fingerprint density at radius 1 is 1.16 bits per heavy atom. The fourth-order valence-corrected chi connectivity index (χ4v) is 4.13. The first-order valence-electron chi connectivity index (χ1n) is 11.2. The minimum Gasteiger partial charge on any atom is -0.444 e. The zero-order valence-corrected chi connectivity index (χ0v) is 19.5. The molecule has 7 nitrogen and oxygen atoms in total. The number of amides is 1. The number of nitrogens with one attached hydrogen (secondary N) is 1. The third-order valence-corrected chi connectivity index (χ3v) is 5.65. The Kier molecular flexibility index (Phi) is 8.85. The summed E-state index contributed by atoms with van der Waals surface area (Å²) in [6.45, 7) is 10.4. The van der Waals surface area contributed by atoms with Gasteiger partial charge in [0, 0.05) is 52.4 Å². The summed E-state index contributed by atoms with van der Waals surface area (Å²) < 4.78 is 43.3. The molecular formula is C21H38F3N5O2. The monoisotopic (exact) mass is 449 g/mol. The van der Waals surface area contributed by atoms with Gasteiger partial charge in [0.15, 0.2) is 5.96 Å². The summed E-state index contributed by atoms with van der Waals surface area (Å²) in [6, 6.07) is -0.0264. The smallest absolute Gasteiger partial charge is 0.410 e. The van der Waals surface area contributed by atoms with Crippen LogP contribution in [-0.4, -0.2) is 97.4 Å². The van der Waals surface area contributed by atoms with Gasteiger partial charge in [-0.1, -0.05) is 0 Å². The maximum atomic E-state index is 12.6. The Balaban J connectivity index is 1.79. The van der Waals surface area contributed by atoms with Crippen LogP contribution in [0.25, 0.3) is 0 Å². The molecule has 0 aromatic rings. The Hall–Kier alpha value is -1.71. The quantitative estimate of drug-likeness (QED) is 0.516. The van der Waals surface area contributed by atoms with E-state index in [1.54, 1.807) is 11.9 Å². The number of rotatable bonds is 5. The number of hydrogen-bond donors (Lipinski definition) is 1. The molecule has 2 heterocycles. The highest BCUT2D eigenvalue weighted by molar-refractivity contribution is 5.80. The van der Waals surface area contributed by atoms with Crippen LogP contribution in [-0.2, 0) is 4.74 Å². The van der Waals surface area contributed by atoms with Crippen molar-refractivity contribution in [2.75, 3.05) is 52.9 Å². The van der Waals surface area contributed by atoms with E-state index in [4.69, 9.17) is 4.74 Å². The van der Waals surface area contributed by atoms with E-state index in [0.29, 0.717) is 38.5 Å². The molecule has 1 N–H and O–H groups in total. The van der Waals surface area contributed by atoms with Crippen molar-refractivity contribution in [1.82, 2.24) is 20.0 Å². The fraction of sp³-hybridized carbons (Fsp3) is 0.905. The second-order valence-corrected chi connectivity index (χ2v) is 9.48. The molecule has 31 heavy (non-hydrogen) atoms. The van der Waals surface area contributed by atoms with Crippen LogP contribution in [0.15, 0.2) is 4.99 Å². The maximum absolute atomic E-state index is 12.6. The third kappa shape index (κ3) is 8.74. The van der Waals surface area contributed by atoms with Gasteiger partial charge < -0.3 is 19.9 Å². The van der Waals surface area contributed by atoms with E-state index < -0.39 is 18.3 Å². The molecule has 2 fully saturated rings. The van der Waals surface area contributed by atoms with E-state index in [2.05, 4.69) is 15.2 Å². The molecular weight excluding hydrogens is 411 g/mol. The Morgan fingerprint density at radius 3 is 2.32 bits per heavy atom. The van der Waals surface area contributed by atoms with Gasteiger partial charge in [0.2, 0.25) is 0 Å². The topological polar surface area (TPSA) is 60.4 Å². The van der Waals surface area contributed by atoms with Crippen LogP contribution in [0.3, 0.4) is 0 Å². The van der Waals surface area contributed by atoms with E-state index in [1.165, 1.54) is 4.90 Å². The predicted molar refractivity (Wildman–Crippen MR) is 115 cm³/mol. The van der Waals surface area contributed by atoms with Crippen LogP contribution in [0.2, 0.25) is 0 Å². The van der Waals surface area contributed by atoms with E-state index in [-0.39, 0.29) is 12.1 Å². The van der Waals surface area contributed by atoms with Crippen LogP contribution in [0, 0.1) is 5.92 Å². The van der Waals surface area contributed by atoms with E-state index >= 15 is 0 Å². The summed E-state index contributed by atoms with van der Waals surface area (Å²) in [6.07, 6.45) is -1.92. The highest BCUT2D eigenvalue weighted by Crippen LogP contribution is 2.22. The normalized spacial score (nSPS) is 22.0. The highest BCUT2D eigenvalue weighted by atomic mass is 19.4. The second-order valence-electron chi connectivity index (χ2n) is 9.48. The molecule has 2 rings (SSSR count). The minimum atomic E-state index is -4.16. The molecule has 2 aliphatic rings. The maximum Gasteiger partial charge on any atom is 0.410 e. The Labute approximate surface area is 184 Å². The van der Waals surface area contributed by atoms with Crippen LogP contribution in [0.4, 0.5) is 18.0 Å². The first kappa shape index (κ1) is 25.5. The van der Waals surface area contributed by atoms with Crippen molar-refractivity contribution in [3.05, 3.63) is 0 Å². The molecule has 0 saturated carbocycles. The summed E-state index contributed by atoms with van der Waals surface area (Å²) in [7, 11) is 1.71. The molecule has 2 saturated heterocycles. The number of hydrogen-bond acceptors (Lipinski definition) is 4. The summed E-state index contributed by atoms with van der Waals surface area (Å²) >= 11 is 0. The molecule has 2 aliphatic heterocycles. The second kappa shape index (κ2) is 10.7. The lowest BCUT2D eigenvalue weighted by Crippen LogP contribution is -2.50. The minimum absolute atomic E-state index is 0.0264. The lowest BCUT2D eigenvalue weighted by molar-refractivity contribution is -0.143. The number of ether oxygens (including phenoxy) is 1. The van der Waals surface area contributed by atoms with Crippen LogP contribution < -0.4 is 5.32 Å². The van der Waals surface area contributed by atoms with Crippen LogP contribution >= 0.6 is 0 Å². The number of nitrogens with zero attached hydrogens (tertiary/aromatic N) is 4. The summed E-state index contributed by atoms with van der Waals surface area (Å²) in [5.74, 6) is 1.13. The number of alkyl halides is 3. The van der Waals surface area contributed by atoms with Gasteiger partial charge in [-0.2, -0.15) is 13.2 Å². The standard InChI is InChI=1S/C21H38F3N5O2/c1-6-28(19(30)31-20(2,3)4)13-16-7-11-29(12-8-16)18(25-5)26-17-9-10-27(14-17)15-21(22,23)24/h16-17H,6-15H2,1-5H3,(H,25,26). The van der Waals surface area contributed by atoms with Gasteiger partial charge >= 0.3 is 12.3 Å². The van der Waals surface area contributed by atoms with Gasteiger partial charge in [-0.15, -0.1) is 0 Å². The molecule has 0 bridgehead atoms. The molecule has 1 unspecified atom stereocenters. The van der Waals surface area contributed by atoms with Crippen molar-refractivity contribution in [2.24, 2.45) is 10.9 Å².